The summed E-state index contributed by atoms with van der Waals surface area (Å²) in [5.74, 6) is 0.604. The fourth-order valence-corrected chi connectivity index (χ4v) is 1.05. The van der Waals surface area contributed by atoms with Gasteiger partial charge in [0.15, 0.2) is 0 Å². The van der Waals surface area contributed by atoms with Gasteiger partial charge in [-0.2, -0.15) is 0 Å². The molecule has 0 unspecified atom stereocenters. The molecule has 1 aliphatic carbocycles. The molecule has 0 aromatic heterocycles. The Morgan fingerprint density at radius 3 is 2.33 bits per heavy atom. The molecule has 1 N–H and O–H groups in total. The summed E-state index contributed by atoms with van der Waals surface area (Å²) < 4.78 is 5.16. The van der Waals surface area contributed by atoms with Gasteiger partial charge in [-0.25, -0.2) is 0 Å². The lowest BCUT2D eigenvalue weighted by atomic mass is 10.0. The van der Waals surface area contributed by atoms with Crippen molar-refractivity contribution >= 4 is 0 Å². The van der Waals surface area contributed by atoms with Crippen LogP contribution in [-0.4, -0.2) is 24.4 Å². The molecule has 0 amide bonds. The monoisotopic (exact) mass is 130 g/mol. The number of ether oxygens (including phenoxy) is 1. The van der Waals surface area contributed by atoms with Gasteiger partial charge in [0.05, 0.1) is 12.2 Å². The molecule has 0 bridgehead atoms. The number of hydrogen-bond acceptors (Lipinski definition) is 2. The Morgan fingerprint density at radius 2 is 2.22 bits per heavy atom. The van der Waals surface area contributed by atoms with E-state index in [1.165, 1.54) is 12.8 Å². The quantitative estimate of drug-likeness (QED) is 0.612. The second-order valence-corrected chi connectivity index (χ2v) is 2.95. The molecule has 9 heavy (non-hydrogen) atoms. The summed E-state index contributed by atoms with van der Waals surface area (Å²) >= 11 is 0. The molecule has 0 radical (unpaired) electrons. The predicted molar refractivity (Wildman–Crippen MR) is 35.2 cm³/mol. The lowest BCUT2D eigenvalue weighted by molar-refractivity contribution is -0.0538. The van der Waals surface area contributed by atoms with Gasteiger partial charge >= 0.3 is 0 Å². The minimum atomic E-state index is -0.250. The van der Waals surface area contributed by atoms with Crippen molar-refractivity contribution in [2.24, 2.45) is 5.92 Å². The first kappa shape index (κ1) is 7.03. The summed E-state index contributed by atoms with van der Waals surface area (Å²) in [6.07, 6.45) is 2.43. The van der Waals surface area contributed by atoms with Crippen LogP contribution in [-0.2, 0) is 4.74 Å². The molecule has 1 atom stereocenters. The van der Waals surface area contributed by atoms with Crippen LogP contribution in [0.1, 0.15) is 19.8 Å². The van der Waals surface area contributed by atoms with E-state index < -0.39 is 0 Å². The van der Waals surface area contributed by atoms with Crippen molar-refractivity contribution in [1.82, 2.24) is 0 Å². The summed E-state index contributed by atoms with van der Waals surface area (Å²) in [6, 6.07) is 0. The van der Waals surface area contributed by atoms with Crippen LogP contribution < -0.4 is 0 Å². The zero-order chi connectivity index (χ0) is 6.91. The van der Waals surface area contributed by atoms with Crippen molar-refractivity contribution < 1.29 is 9.84 Å². The van der Waals surface area contributed by atoms with E-state index in [-0.39, 0.29) is 12.2 Å². The summed E-state index contributed by atoms with van der Waals surface area (Å²) in [5.41, 5.74) is -0.250. The van der Waals surface area contributed by atoms with Crippen LogP contribution in [0, 0.1) is 5.92 Å². The molecule has 0 aromatic rings. The fraction of sp³-hybridized carbons (Fsp3) is 1.00. The summed E-state index contributed by atoms with van der Waals surface area (Å²) in [4.78, 5) is 0. The molecule has 1 saturated carbocycles. The van der Waals surface area contributed by atoms with E-state index >= 15 is 0 Å². The molecular formula is C7H14O2. The van der Waals surface area contributed by atoms with Gasteiger partial charge in [0.1, 0.15) is 0 Å². The van der Waals surface area contributed by atoms with Crippen molar-refractivity contribution in [3.8, 4) is 0 Å². The minimum Gasteiger partial charge on any atom is -0.393 e. The first-order valence-corrected chi connectivity index (χ1v) is 3.39. The van der Waals surface area contributed by atoms with Crippen molar-refractivity contribution in [3.63, 3.8) is 0 Å². The van der Waals surface area contributed by atoms with Crippen LogP contribution in [0.5, 0.6) is 0 Å². The van der Waals surface area contributed by atoms with Crippen molar-refractivity contribution in [3.05, 3.63) is 0 Å². The maximum Gasteiger partial charge on any atom is 0.0908 e. The highest BCUT2D eigenvalue weighted by Gasteiger charge is 2.41. The number of aliphatic hydroxyl groups excluding tert-OH is 1. The maximum absolute atomic E-state index is 8.87. The highest BCUT2D eigenvalue weighted by atomic mass is 16.5. The Hall–Kier alpha value is -0.0800. The number of rotatable bonds is 3. The lowest BCUT2D eigenvalue weighted by Crippen LogP contribution is -2.34. The van der Waals surface area contributed by atoms with Crippen molar-refractivity contribution in [2.45, 2.75) is 25.4 Å². The Kier molecular flexibility index (Phi) is 1.78. The van der Waals surface area contributed by atoms with E-state index in [4.69, 9.17) is 9.84 Å². The van der Waals surface area contributed by atoms with E-state index in [9.17, 15) is 0 Å². The number of aliphatic hydroxyl groups is 1. The van der Waals surface area contributed by atoms with Gasteiger partial charge in [-0.15, -0.1) is 0 Å². The zero-order valence-electron chi connectivity index (χ0n) is 6.05. The lowest BCUT2D eigenvalue weighted by Gasteiger charge is -2.24. The third kappa shape index (κ3) is 1.25. The molecule has 54 valence electrons. The molecule has 1 aliphatic rings. The standard InChI is InChI=1S/C7H14O2/c1-7(5-8,9-2)6-3-4-6/h6,8H,3-5H2,1-2H3/t7-/m1/s1. The molecule has 1 fully saturated rings. The van der Waals surface area contributed by atoms with E-state index in [1.807, 2.05) is 6.92 Å². The second kappa shape index (κ2) is 2.27. The van der Waals surface area contributed by atoms with Crippen LogP contribution in [0.25, 0.3) is 0 Å². The second-order valence-electron chi connectivity index (χ2n) is 2.95. The molecule has 2 heteroatoms. The van der Waals surface area contributed by atoms with Crippen molar-refractivity contribution in [1.29, 1.82) is 0 Å². The van der Waals surface area contributed by atoms with E-state index in [1.54, 1.807) is 7.11 Å². The van der Waals surface area contributed by atoms with Crippen LogP contribution in [0.2, 0.25) is 0 Å². The average Bonchev–Trinajstić information content (AvgIpc) is 2.68. The van der Waals surface area contributed by atoms with Crippen LogP contribution >= 0.6 is 0 Å². The largest absolute Gasteiger partial charge is 0.393 e. The first-order chi connectivity index (χ1) is 4.23. The normalized spacial score (nSPS) is 25.7. The van der Waals surface area contributed by atoms with Crippen molar-refractivity contribution in [2.75, 3.05) is 13.7 Å². The van der Waals surface area contributed by atoms with E-state index in [2.05, 4.69) is 0 Å². The van der Waals surface area contributed by atoms with E-state index in [0.29, 0.717) is 5.92 Å². The molecule has 0 saturated heterocycles. The number of methoxy groups -OCH3 is 1. The fourth-order valence-electron chi connectivity index (χ4n) is 1.05. The molecule has 0 aliphatic heterocycles. The Labute approximate surface area is 55.8 Å². The van der Waals surface area contributed by atoms with Gasteiger partial charge in [0, 0.05) is 7.11 Å². The molecule has 0 aromatic carbocycles. The van der Waals surface area contributed by atoms with Gasteiger partial charge < -0.3 is 9.84 Å². The van der Waals surface area contributed by atoms with Gasteiger partial charge in [0.2, 0.25) is 0 Å². The molecule has 2 nitrogen and oxygen atoms in total. The van der Waals surface area contributed by atoms with Crippen LogP contribution in [0.3, 0.4) is 0 Å². The topological polar surface area (TPSA) is 29.5 Å². The van der Waals surface area contributed by atoms with Gasteiger partial charge in [-0.3, -0.25) is 0 Å². The number of hydrogen-bond donors (Lipinski definition) is 1. The molecule has 1 rings (SSSR count). The minimum absolute atomic E-state index is 0.147. The zero-order valence-corrected chi connectivity index (χ0v) is 6.05. The highest BCUT2D eigenvalue weighted by molar-refractivity contribution is 4.91. The Morgan fingerprint density at radius 1 is 1.67 bits per heavy atom. The summed E-state index contributed by atoms with van der Waals surface area (Å²) in [5, 5.41) is 8.87. The highest BCUT2D eigenvalue weighted by Crippen LogP contribution is 2.40. The van der Waals surface area contributed by atoms with Crippen LogP contribution in [0.15, 0.2) is 0 Å². The first-order valence-electron chi connectivity index (χ1n) is 3.39. The summed E-state index contributed by atoms with van der Waals surface area (Å²) in [6.45, 7) is 2.11. The Bertz CT molecular complexity index is 93.1. The van der Waals surface area contributed by atoms with Gasteiger partial charge in [-0.05, 0) is 25.7 Å². The third-order valence-electron chi connectivity index (χ3n) is 2.22. The maximum atomic E-state index is 8.87. The van der Waals surface area contributed by atoms with Gasteiger partial charge in [-0.1, -0.05) is 0 Å². The SMILES string of the molecule is CO[C@](C)(CO)C1CC1. The predicted octanol–water partition coefficient (Wildman–Crippen LogP) is 0.794. The van der Waals surface area contributed by atoms with Gasteiger partial charge in [0.25, 0.3) is 0 Å². The third-order valence-corrected chi connectivity index (χ3v) is 2.22. The Balaban J connectivity index is 2.43. The smallest absolute Gasteiger partial charge is 0.0908 e. The molecule has 0 heterocycles. The van der Waals surface area contributed by atoms with Crippen LogP contribution in [0.4, 0.5) is 0 Å². The molecular weight excluding hydrogens is 116 g/mol. The summed E-state index contributed by atoms with van der Waals surface area (Å²) in [7, 11) is 1.66. The average molecular weight is 130 g/mol. The van der Waals surface area contributed by atoms with E-state index in [0.717, 1.165) is 0 Å². The molecule has 0 spiro atoms.